The Morgan fingerprint density at radius 1 is 1.45 bits per heavy atom. The molecular weight excluding hydrogens is 160 g/mol. The molecule has 11 heavy (non-hydrogen) atoms. The van der Waals surface area contributed by atoms with Crippen LogP contribution in [0.1, 0.15) is 0 Å². The Kier molecular flexibility index (Phi) is 1.22. The second kappa shape index (κ2) is 2.10. The number of hydrogen-bond donors (Lipinski definition) is 1. The van der Waals surface area contributed by atoms with E-state index in [2.05, 4.69) is 0 Å². The molecule has 0 saturated heterocycles. The molecule has 0 saturated carbocycles. The van der Waals surface area contributed by atoms with E-state index in [0.717, 1.165) is 4.83 Å². The van der Waals surface area contributed by atoms with Gasteiger partial charge >= 0.3 is 0 Å². The quantitative estimate of drug-likeness (QED) is 0.633. The van der Waals surface area contributed by atoms with Gasteiger partial charge in [0.05, 0.1) is 0 Å². The Morgan fingerprint density at radius 3 is 3.09 bits per heavy atom. The number of nitrogens with two attached hydrogens (primary N) is 1. The molecule has 3 nitrogen and oxygen atoms in total. The van der Waals surface area contributed by atoms with Crippen molar-refractivity contribution >= 4 is 21.9 Å². The average Bonchev–Trinajstić information content (AvgIpc) is 2.34. The van der Waals surface area contributed by atoms with Crippen LogP contribution in [0.25, 0.3) is 4.83 Å². The summed E-state index contributed by atoms with van der Waals surface area (Å²) in [5, 5.41) is 1.86. The first-order valence-corrected chi connectivity index (χ1v) is 4.01. The maximum absolute atomic E-state index is 11.2. The van der Waals surface area contributed by atoms with Crippen LogP contribution in [-0.4, -0.2) is 4.40 Å². The van der Waals surface area contributed by atoms with Crippen LogP contribution in [0.5, 0.6) is 0 Å². The maximum atomic E-state index is 11.2. The average molecular weight is 166 g/mol. The van der Waals surface area contributed by atoms with E-state index in [4.69, 9.17) is 5.73 Å². The van der Waals surface area contributed by atoms with Gasteiger partial charge in [-0.05, 0) is 6.07 Å². The van der Waals surface area contributed by atoms with Crippen molar-refractivity contribution in [3.8, 4) is 0 Å². The van der Waals surface area contributed by atoms with Gasteiger partial charge in [0.2, 0.25) is 0 Å². The molecule has 0 amide bonds. The number of nitrogen functional groups attached to an aromatic ring is 1. The molecule has 0 aliphatic heterocycles. The molecule has 2 N–H and O–H groups in total. The van der Waals surface area contributed by atoms with Gasteiger partial charge < -0.3 is 5.73 Å². The molecule has 0 fully saturated rings. The van der Waals surface area contributed by atoms with Gasteiger partial charge in [0.25, 0.3) is 5.56 Å². The summed E-state index contributed by atoms with van der Waals surface area (Å²) in [4.78, 5) is 12.0. The van der Waals surface area contributed by atoms with Gasteiger partial charge in [-0.25, -0.2) is 0 Å². The minimum absolute atomic E-state index is 0.0683. The molecule has 0 radical (unpaired) electrons. The fourth-order valence-electron chi connectivity index (χ4n) is 0.973. The molecule has 0 aliphatic rings. The van der Waals surface area contributed by atoms with Crippen molar-refractivity contribution in [3.63, 3.8) is 0 Å². The van der Waals surface area contributed by atoms with Crippen LogP contribution in [0, 0.1) is 0 Å². The fourth-order valence-corrected chi connectivity index (χ4v) is 1.76. The number of thiazole rings is 1. The first-order chi connectivity index (χ1) is 5.27. The van der Waals surface area contributed by atoms with E-state index in [1.807, 2.05) is 5.38 Å². The van der Waals surface area contributed by atoms with E-state index in [1.165, 1.54) is 17.4 Å². The molecule has 0 aromatic carbocycles. The summed E-state index contributed by atoms with van der Waals surface area (Å²) in [5.74, 6) is 0. The second-order valence-electron chi connectivity index (χ2n) is 2.24. The predicted molar refractivity (Wildman–Crippen MR) is 46.0 cm³/mol. The zero-order valence-electron chi connectivity index (χ0n) is 5.65. The van der Waals surface area contributed by atoms with Crippen molar-refractivity contribution in [2.45, 2.75) is 0 Å². The van der Waals surface area contributed by atoms with E-state index in [0.29, 0.717) is 5.69 Å². The Labute approximate surface area is 66.7 Å². The standard InChI is InChI=1S/C7H6N2OS/c8-5-3-6(10)9-1-2-11-7(9)4-5/h1-4H,8H2. The molecule has 0 atom stereocenters. The summed E-state index contributed by atoms with van der Waals surface area (Å²) in [6.07, 6.45) is 1.74. The number of pyridine rings is 1. The molecule has 0 aliphatic carbocycles. The van der Waals surface area contributed by atoms with Crippen LogP contribution >= 0.6 is 11.3 Å². The van der Waals surface area contributed by atoms with Crippen molar-refractivity contribution in [1.82, 2.24) is 4.40 Å². The van der Waals surface area contributed by atoms with Gasteiger partial charge in [0.1, 0.15) is 4.83 Å². The number of nitrogens with zero attached hydrogens (tertiary/aromatic N) is 1. The van der Waals surface area contributed by atoms with Crippen molar-refractivity contribution in [1.29, 1.82) is 0 Å². The Balaban J connectivity index is 3.02. The smallest absolute Gasteiger partial charge is 0.257 e. The van der Waals surface area contributed by atoms with Gasteiger partial charge in [-0.1, -0.05) is 0 Å². The van der Waals surface area contributed by atoms with E-state index < -0.39 is 0 Å². The minimum Gasteiger partial charge on any atom is -0.398 e. The van der Waals surface area contributed by atoms with E-state index in [-0.39, 0.29) is 5.56 Å². The number of anilines is 1. The van der Waals surface area contributed by atoms with Crippen molar-refractivity contribution in [2.24, 2.45) is 0 Å². The first kappa shape index (κ1) is 6.42. The van der Waals surface area contributed by atoms with Gasteiger partial charge in [0.15, 0.2) is 0 Å². The third-order valence-electron chi connectivity index (χ3n) is 1.45. The van der Waals surface area contributed by atoms with Crippen LogP contribution in [0.3, 0.4) is 0 Å². The van der Waals surface area contributed by atoms with Gasteiger partial charge in [-0.15, -0.1) is 11.3 Å². The lowest BCUT2D eigenvalue weighted by molar-refractivity contribution is 1.13. The van der Waals surface area contributed by atoms with Crippen LogP contribution in [0.2, 0.25) is 0 Å². The molecule has 2 aromatic heterocycles. The number of rotatable bonds is 0. The van der Waals surface area contributed by atoms with Crippen LogP contribution in [0.4, 0.5) is 5.69 Å². The van der Waals surface area contributed by atoms with Crippen molar-refractivity contribution in [2.75, 3.05) is 5.73 Å². The highest BCUT2D eigenvalue weighted by Gasteiger charge is 1.96. The molecule has 4 heteroatoms. The second-order valence-corrected chi connectivity index (χ2v) is 3.16. The number of fused-ring (bicyclic) bond motifs is 1. The summed E-state index contributed by atoms with van der Waals surface area (Å²) >= 11 is 1.50. The Bertz CT molecular complexity index is 443. The predicted octanol–water partition coefficient (Wildman–Crippen LogP) is 0.943. The van der Waals surface area contributed by atoms with E-state index in [9.17, 15) is 4.79 Å². The SMILES string of the molecule is Nc1cc(=O)n2ccsc2c1. The molecule has 2 aromatic rings. The molecule has 2 heterocycles. The van der Waals surface area contributed by atoms with Crippen LogP contribution in [-0.2, 0) is 0 Å². The lowest BCUT2D eigenvalue weighted by Crippen LogP contribution is -2.10. The zero-order chi connectivity index (χ0) is 7.84. The molecule has 2 rings (SSSR count). The highest BCUT2D eigenvalue weighted by atomic mass is 32.1. The maximum Gasteiger partial charge on any atom is 0.257 e. The summed E-state index contributed by atoms with van der Waals surface area (Å²) in [6, 6.07) is 3.20. The fraction of sp³-hybridized carbons (Fsp3) is 0. The molecule has 0 spiro atoms. The van der Waals surface area contributed by atoms with Gasteiger partial charge in [-0.3, -0.25) is 9.20 Å². The Hall–Kier alpha value is -1.29. The summed E-state index contributed by atoms with van der Waals surface area (Å²) in [7, 11) is 0. The molecular formula is C7H6N2OS. The topological polar surface area (TPSA) is 47.5 Å². The third-order valence-corrected chi connectivity index (χ3v) is 2.27. The number of hydrogen-bond acceptors (Lipinski definition) is 3. The first-order valence-electron chi connectivity index (χ1n) is 3.13. The summed E-state index contributed by atoms with van der Waals surface area (Å²) in [6.45, 7) is 0. The van der Waals surface area contributed by atoms with Crippen LogP contribution in [0.15, 0.2) is 28.5 Å². The Morgan fingerprint density at radius 2 is 2.27 bits per heavy atom. The molecule has 0 bridgehead atoms. The highest BCUT2D eigenvalue weighted by Crippen LogP contribution is 2.11. The van der Waals surface area contributed by atoms with Crippen LogP contribution < -0.4 is 11.3 Å². The minimum atomic E-state index is -0.0683. The van der Waals surface area contributed by atoms with Crippen molar-refractivity contribution < 1.29 is 0 Å². The monoisotopic (exact) mass is 166 g/mol. The normalized spacial score (nSPS) is 10.5. The van der Waals surface area contributed by atoms with E-state index >= 15 is 0 Å². The third kappa shape index (κ3) is 0.914. The van der Waals surface area contributed by atoms with Gasteiger partial charge in [0, 0.05) is 23.3 Å². The highest BCUT2D eigenvalue weighted by molar-refractivity contribution is 7.15. The lowest BCUT2D eigenvalue weighted by Gasteiger charge is -1.92. The summed E-state index contributed by atoms with van der Waals surface area (Å²) < 4.78 is 1.57. The zero-order valence-corrected chi connectivity index (χ0v) is 6.47. The summed E-state index contributed by atoms with van der Waals surface area (Å²) in [5.41, 5.74) is 5.93. The van der Waals surface area contributed by atoms with Crippen molar-refractivity contribution in [3.05, 3.63) is 34.1 Å². The molecule has 56 valence electrons. The largest absolute Gasteiger partial charge is 0.398 e. The van der Waals surface area contributed by atoms with Gasteiger partial charge in [-0.2, -0.15) is 0 Å². The molecule has 0 unspecified atom stereocenters. The van der Waals surface area contributed by atoms with E-state index in [1.54, 1.807) is 16.7 Å². The lowest BCUT2D eigenvalue weighted by atomic mass is 10.4. The number of aromatic nitrogens is 1.